The minimum Gasteiger partial charge on any atom is -0.388 e. The SMILES string of the molecule is O[C@H](c1c(C2CC2)ccn2cncc12)C1CCN(c2ccc(F)cc2)CC1. The summed E-state index contributed by atoms with van der Waals surface area (Å²) in [7, 11) is 0. The van der Waals surface area contributed by atoms with Gasteiger partial charge in [0.05, 0.1) is 24.1 Å². The highest BCUT2D eigenvalue weighted by Crippen LogP contribution is 2.46. The van der Waals surface area contributed by atoms with Gasteiger partial charge >= 0.3 is 0 Å². The van der Waals surface area contributed by atoms with Crippen LogP contribution in [0.3, 0.4) is 0 Å². The van der Waals surface area contributed by atoms with Crippen molar-refractivity contribution in [1.82, 2.24) is 9.38 Å². The van der Waals surface area contributed by atoms with Crippen LogP contribution < -0.4 is 4.90 Å². The van der Waals surface area contributed by atoms with E-state index in [1.807, 2.05) is 22.7 Å². The third-order valence-electron chi connectivity index (χ3n) is 6.16. The van der Waals surface area contributed by atoms with Gasteiger partial charge in [0, 0.05) is 30.5 Å². The zero-order valence-electron chi connectivity index (χ0n) is 15.3. The van der Waals surface area contributed by atoms with E-state index in [2.05, 4.69) is 22.1 Å². The quantitative estimate of drug-likeness (QED) is 0.749. The molecule has 0 unspecified atom stereocenters. The number of hydrogen-bond acceptors (Lipinski definition) is 3. The predicted molar refractivity (Wildman–Crippen MR) is 103 cm³/mol. The lowest BCUT2D eigenvalue weighted by atomic mass is 9.84. The van der Waals surface area contributed by atoms with Gasteiger partial charge in [0.1, 0.15) is 5.82 Å². The lowest BCUT2D eigenvalue weighted by Gasteiger charge is -2.36. The highest BCUT2D eigenvalue weighted by Gasteiger charge is 2.33. The van der Waals surface area contributed by atoms with E-state index in [9.17, 15) is 9.50 Å². The van der Waals surface area contributed by atoms with Gasteiger partial charge in [-0.25, -0.2) is 9.37 Å². The lowest BCUT2D eigenvalue weighted by molar-refractivity contribution is 0.0931. The second-order valence-corrected chi connectivity index (χ2v) is 7.89. The van der Waals surface area contributed by atoms with Crippen molar-refractivity contribution in [1.29, 1.82) is 0 Å². The number of fused-ring (bicyclic) bond motifs is 1. The molecule has 0 spiro atoms. The van der Waals surface area contributed by atoms with Crippen molar-refractivity contribution in [2.75, 3.05) is 18.0 Å². The first-order chi connectivity index (χ1) is 13.2. The van der Waals surface area contributed by atoms with E-state index in [1.54, 1.807) is 6.33 Å². The molecule has 3 heterocycles. The lowest BCUT2D eigenvalue weighted by Crippen LogP contribution is -2.35. The molecule has 1 atom stereocenters. The molecule has 140 valence electrons. The molecule has 0 bridgehead atoms. The number of aliphatic hydroxyl groups excluding tert-OH is 1. The van der Waals surface area contributed by atoms with Gasteiger partial charge < -0.3 is 14.4 Å². The van der Waals surface area contributed by atoms with Crippen LogP contribution in [-0.2, 0) is 0 Å². The number of imidazole rings is 1. The van der Waals surface area contributed by atoms with Crippen molar-refractivity contribution in [3.63, 3.8) is 0 Å². The largest absolute Gasteiger partial charge is 0.388 e. The zero-order chi connectivity index (χ0) is 18.4. The summed E-state index contributed by atoms with van der Waals surface area (Å²) in [6, 6.07) is 8.87. The number of aliphatic hydroxyl groups is 1. The number of benzene rings is 1. The number of anilines is 1. The molecule has 1 aromatic carbocycles. The first kappa shape index (κ1) is 16.8. The first-order valence-electron chi connectivity index (χ1n) is 9.84. The van der Waals surface area contributed by atoms with Gasteiger partial charge in [-0.15, -0.1) is 0 Å². The Morgan fingerprint density at radius 3 is 2.48 bits per heavy atom. The summed E-state index contributed by atoms with van der Waals surface area (Å²) in [5, 5.41) is 11.3. The molecule has 2 aromatic heterocycles. The Hall–Kier alpha value is -2.40. The Labute approximate surface area is 158 Å². The molecule has 1 aliphatic heterocycles. The van der Waals surface area contributed by atoms with Gasteiger partial charge in [-0.2, -0.15) is 0 Å². The Bertz CT molecular complexity index is 940. The Morgan fingerprint density at radius 2 is 1.78 bits per heavy atom. The zero-order valence-corrected chi connectivity index (χ0v) is 15.3. The number of aromatic nitrogens is 2. The van der Waals surface area contributed by atoms with Crippen LogP contribution in [-0.4, -0.2) is 27.6 Å². The van der Waals surface area contributed by atoms with Gasteiger partial charge in [0.25, 0.3) is 0 Å². The smallest absolute Gasteiger partial charge is 0.123 e. The van der Waals surface area contributed by atoms with Crippen LogP contribution >= 0.6 is 0 Å². The number of hydrogen-bond donors (Lipinski definition) is 1. The highest BCUT2D eigenvalue weighted by atomic mass is 19.1. The fourth-order valence-electron chi connectivity index (χ4n) is 4.46. The highest BCUT2D eigenvalue weighted by molar-refractivity contribution is 5.59. The molecule has 2 aliphatic rings. The standard InChI is InChI=1S/C22H24FN3O/c23-17-3-5-18(6-4-17)25-10-7-16(8-11-25)22(27)21-19(15-1-2-15)9-12-26-14-24-13-20(21)26/h3-6,9,12-16,22,27H,1-2,7-8,10-11H2/t22-/m0/s1. The van der Waals surface area contributed by atoms with Crippen LogP contribution in [0.1, 0.15) is 48.8 Å². The molecule has 5 rings (SSSR count). The average Bonchev–Trinajstić information content (AvgIpc) is 3.44. The maximum atomic E-state index is 13.2. The summed E-state index contributed by atoms with van der Waals surface area (Å²) in [5.74, 6) is 0.625. The minimum absolute atomic E-state index is 0.203. The Morgan fingerprint density at radius 1 is 1.04 bits per heavy atom. The fourth-order valence-corrected chi connectivity index (χ4v) is 4.46. The number of rotatable bonds is 4. The average molecular weight is 365 g/mol. The van der Waals surface area contributed by atoms with E-state index >= 15 is 0 Å². The van der Waals surface area contributed by atoms with Gasteiger partial charge in [-0.3, -0.25) is 0 Å². The molecular formula is C22H24FN3O. The summed E-state index contributed by atoms with van der Waals surface area (Å²) in [6.07, 6.45) is 9.56. The normalized spacial score (nSPS) is 19.6. The first-order valence-corrected chi connectivity index (χ1v) is 9.84. The third-order valence-corrected chi connectivity index (χ3v) is 6.16. The fraction of sp³-hybridized carbons (Fsp3) is 0.409. The van der Waals surface area contributed by atoms with Crippen molar-refractivity contribution >= 4 is 11.2 Å². The second-order valence-electron chi connectivity index (χ2n) is 7.89. The minimum atomic E-state index is -0.462. The third kappa shape index (κ3) is 3.10. The molecule has 27 heavy (non-hydrogen) atoms. The second kappa shape index (κ2) is 6.64. The van der Waals surface area contributed by atoms with Gasteiger partial charge in [-0.05, 0) is 73.4 Å². The number of piperidine rings is 1. The van der Waals surface area contributed by atoms with E-state index in [1.165, 1.54) is 30.5 Å². The summed E-state index contributed by atoms with van der Waals surface area (Å²) in [4.78, 5) is 6.56. The van der Waals surface area contributed by atoms with Crippen LogP contribution in [0.15, 0.2) is 49.1 Å². The molecule has 0 amide bonds. The van der Waals surface area contributed by atoms with Gasteiger partial charge in [0.2, 0.25) is 0 Å². The van der Waals surface area contributed by atoms with Crippen LogP contribution in [0.2, 0.25) is 0 Å². The molecule has 3 aromatic rings. The van der Waals surface area contributed by atoms with Gasteiger partial charge in [0.15, 0.2) is 0 Å². The summed E-state index contributed by atoms with van der Waals surface area (Å²) >= 11 is 0. The number of halogens is 1. The molecule has 1 N–H and O–H groups in total. The molecule has 1 saturated heterocycles. The van der Waals surface area contributed by atoms with Crippen LogP contribution in [0.25, 0.3) is 5.52 Å². The van der Waals surface area contributed by atoms with Crippen molar-refractivity contribution in [3.8, 4) is 0 Å². The van der Waals surface area contributed by atoms with Crippen molar-refractivity contribution in [2.45, 2.75) is 37.7 Å². The van der Waals surface area contributed by atoms with Gasteiger partial charge in [-0.1, -0.05) is 0 Å². The van der Waals surface area contributed by atoms with E-state index in [4.69, 9.17) is 0 Å². The number of pyridine rings is 1. The van der Waals surface area contributed by atoms with E-state index in [0.717, 1.165) is 42.7 Å². The van der Waals surface area contributed by atoms with E-state index in [0.29, 0.717) is 5.92 Å². The van der Waals surface area contributed by atoms with Crippen LogP contribution in [0.4, 0.5) is 10.1 Å². The monoisotopic (exact) mass is 365 g/mol. The van der Waals surface area contributed by atoms with Crippen LogP contribution in [0, 0.1) is 11.7 Å². The molecule has 4 nitrogen and oxygen atoms in total. The molecule has 1 aliphatic carbocycles. The Balaban J connectivity index is 1.37. The summed E-state index contributed by atoms with van der Waals surface area (Å²) in [6.45, 7) is 1.77. The van der Waals surface area contributed by atoms with Crippen molar-refractivity contribution < 1.29 is 9.50 Å². The maximum absolute atomic E-state index is 13.2. The van der Waals surface area contributed by atoms with E-state index < -0.39 is 6.10 Å². The molecule has 0 radical (unpaired) electrons. The molecular weight excluding hydrogens is 341 g/mol. The topological polar surface area (TPSA) is 40.8 Å². The van der Waals surface area contributed by atoms with Crippen molar-refractivity contribution in [2.24, 2.45) is 5.92 Å². The molecule has 5 heteroatoms. The molecule has 1 saturated carbocycles. The van der Waals surface area contributed by atoms with Crippen LogP contribution in [0.5, 0.6) is 0 Å². The number of nitrogens with zero attached hydrogens (tertiary/aromatic N) is 3. The Kier molecular flexibility index (Phi) is 4.12. The summed E-state index contributed by atoms with van der Waals surface area (Å²) < 4.78 is 15.2. The predicted octanol–water partition coefficient (Wildman–Crippen LogP) is 4.30. The molecule has 2 fully saturated rings. The summed E-state index contributed by atoms with van der Waals surface area (Å²) in [5.41, 5.74) is 4.47. The van der Waals surface area contributed by atoms with Crippen molar-refractivity contribution in [3.05, 3.63) is 66.0 Å². The van der Waals surface area contributed by atoms with E-state index in [-0.39, 0.29) is 11.7 Å². The maximum Gasteiger partial charge on any atom is 0.123 e.